The smallest absolute Gasteiger partial charge is 0.246 e. The quantitative estimate of drug-likeness (QED) is 0.653. The molecule has 18 heavy (non-hydrogen) atoms. The second kappa shape index (κ2) is 5.25. The zero-order chi connectivity index (χ0) is 13.1. The number of benzene rings is 1. The molecule has 0 radical (unpaired) electrons. The summed E-state index contributed by atoms with van der Waals surface area (Å²) in [5, 5.41) is 0. The van der Waals surface area contributed by atoms with Crippen molar-refractivity contribution in [1.82, 2.24) is 4.90 Å². The van der Waals surface area contributed by atoms with Gasteiger partial charge in [-0.05, 0) is 42.0 Å². The van der Waals surface area contributed by atoms with E-state index in [1.807, 2.05) is 37.4 Å². The number of nitrogens with two attached hydrogens (primary N) is 1. The van der Waals surface area contributed by atoms with Gasteiger partial charge < -0.3 is 10.6 Å². The molecule has 1 aromatic carbocycles. The molecule has 0 spiro atoms. The van der Waals surface area contributed by atoms with Crippen molar-refractivity contribution in [2.75, 3.05) is 19.3 Å². The van der Waals surface area contributed by atoms with Crippen molar-refractivity contribution in [3.63, 3.8) is 0 Å². The third-order valence-corrected chi connectivity index (χ3v) is 3.52. The minimum atomic E-state index is 0.0610. The summed E-state index contributed by atoms with van der Waals surface area (Å²) >= 11 is 0. The summed E-state index contributed by atoms with van der Waals surface area (Å²) in [4.78, 5) is 13.7. The minimum Gasteiger partial charge on any atom is -0.399 e. The molecule has 2 unspecified atom stereocenters. The molecule has 0 bridgehead atoms. The number of hydrogen-bond acceptors (Lipinski definition) is 2. The summed E-state index contributed by atoms with van der Waals surface area (Å²) in [6.45, 7) is 3.10. The highest BCUT2D eigenvalue weighted by Crippen LogP contribution is 2.37. The molecule has 1 saturated carbocycles. The van der Waals surface area contributed by atoms with Crippen molar-refractivity contribution >= 4 is 17.7 Å². The Labute approximate surface area is 108 Å². The molecule has 2 N–H and O–H groups in total. The van der Waals surface area contributed by atoms with E-state index in [0.717, 1.165) is 23.7 Å². The van der Waals surface area contributed by atoms with E-state index in [4.69, 9.17) is 5.73 Å². The van der Waals surface area contributed by atoms with Gasteiger partial charge in [0, 0.05) is 25.4 Å². The molecule has 0 aliphatic heterocycles. The van der Waals surface area contributed by atoms with Gasteiger partial charge in [0.2, 0.25) is 5.91 Å². The molecule has 1 aliphatic carbocycles. The Morgan fingerprint density at radius 3 is 2.61 bits per heavy atom. The molecule has 2 atom stereocenters. The van der Waals surface area contributed by atoms with Gasteiger partial charge in [0.1, 0.15) is 0 Å². The number of anilines is 1. The molecule has 0 aromatic heterocycles. The molecular formula is C15H20N2O. The van der Waals surface area contributed by atoms with Gasteiger partial charge in [0.05, 0.1) is 0 Å². The van der Waals surface area contributed by atoms with Crippen LogP contribution in [0.25, 0.3) is 6.08 Å². The fraction of sp³-hybridized carbons (Fsp3) is 0.400. The zero-order valence-corrected chi connectivity index (χ0v) is 11.0. The van der Waals surface area contributed by atoms with Gasteiger partial charge in [-0.15, -0.1) is 0 Å². The highest BCUT2D eigenvalue weighted by atomic mass is 16.2. The number of likely N-dealkylation sites (N-methyl/N-ethyl adjacent to an activating group) is 1. The third-order valence-electron chi connectivity index (χ3n) is 3.52. The number of amides is 1. The van der Waals surface area contributed by atoms with Gasteiger partial charge in [0.25, 0.3) is 0 Å². The van der Waals surface area contributed by atoms with Gasteiger partial charge in [-0.3, -0.25) is 4.79 Å². The van der Waals surface area contributed by atoms with Gasteiger partial charge >= 0.3 is 0 Å². The molecular weight excluding hydrogens is 224 g/mol. The highest BCUT2D eigenvalue weighted by Gasteiger charge is 2.33. The number of rotatable bonds is 4. The number of carbonyl (C=O) groups is 1. The van der Waals surface area contributed by atoms with E-state index in [-0.39, 0.29) is 5.91 Å². The molecule has 96 valence electrons. The third kappa shape index (κ3) is 3.36. The first-order chi connectivity index (χ1) is 8.56. The fourth-order valence-electron chi connectivity index (χ4n) is 2.00. The van der Waals surface area contributed by atoms with Crippen LogP contribution in [0, 0.1) is 11.8 Å². The second-order valence-corrected chi connectivity index (χ2v) is 5.19. The molecule has 1 aliphatic rings. The van der Waals surface area contributed by atoms with Crippen molar-refractivity contribution in [3.05, 3.63) is 35.9 Å². The van der Waals surface area contributed by atoms with Crippen LogP contribution in [0.1, 0.15) is 18.9 Å². The SMILES string of the molecule is CC1CC1CN(C)C(=O)/C=C/c1ccc(N)cc1. The summed E-state index contributed by atoms with van der Waals surface area (Å²) in [5.74, 6) is 1.54. The van der Waals surface area contributed by atoms with Crippen LogP contribution in [0.4, 0.5) is 5.69 Å². The minimum absolute atomic E-state index is 0.0610. The highest BCUT2D eigenvalue weighted by molar-refractivity contribution is 5.91. The lowest BCUT2D eigenvalue weighted by atomic mass is 10.2. The molecule has 3 heteroatoms. The lowest BCUT2D eigenvalue weighted by Gasteiger charge is -2.14. The van der Waals surface area contributed by atoms with E-state index < -0.39 is 0 Å². The van der Waals surface area contributed by atoms with Crippen LogP contribution in [0.5, 0.6) is 0 Å². The summed E-state index contributed by atoms with van der Waals surface area (Å²) in [7, 11) is 1.86. The van der Waals surface area contributed by atoms with Gasteiger partial charge in [-0.2, -0.15) is 0 Å². The summed E-state index contributed by atoms with van der Waals surface area (Å²) in [5.41, 5.74) is 7.33. The maximum Gasteiger partial charge on any atom is 0.246 e. The summed E-state index contributed by atoms with van der Waals surface area (Å²) in [6.07, 6.45) is 4.70. The van der Waals surface area contributed by atoms with Crippen molar-refractivity contribution < 1.29 is 4.79 Å². The lowest BCUT2D eigenvalue weighted by Crippen LogP contribution is -2.27. The fourth-order valence-corrected chi connectivity index (χ4v) is 2.00. The van der Waals surface area contributed by atoms with Crippen LogP contribution in [-0.2, 0) is 4.79 Å². The Hall–Kier alpha value is -1.77. The second-order valence-electron chi connectivity index (χ2n) is 5.19. The van der Waals surface area contributed by atoms with Gasteiger partial charge in [-0.1, -0.05) is 19.1 Å². The van der Waals surface area contributed by atoms with Crippen LogP contribution < -0.4 is 5.73 Å². The van der Waals surface area contributed by atoms with E-state index in [1.54, 1.807) is 11.0 Å². The van der Waals surface area contributed by atoms with Crippen molar-refractivity contribution in [2.45, 2.75) is 13.3 Å². The van der Waals surface area contributed by atoms with Crippen LogP contribution in [0.3, 0.4) is 0 Å². The molecule has 1 amide bonds. The van der Waals surface area contributed by atoms with Crippen LogP contribution in [-0.4, -0.2) is 24.4 Å². The van der Waals surface area contributed by atoms with Crippen molar-refractivity contribution in [3.8, 4) is 0 Å². The molecule has 3 nitrogen and oxygen atoms in total. The molecule has 1 aromatic rings. The van der Waals surface area contributed by atoms with Crippen LogP contribution in [0.2, 0.25) is 0 Å². The van der Waals surface area contributed by atoms with Crippen molar-refractivity contribution in [2.24, 2.45) is 11.8 Å². The molecule has 0 saturated heterocycles. The topological polar surface area (TPSA) is 46.3 Å². The molecule has 1 fully saturated rings. The monoisotopic (exact) mass is 244 g/mol. The number of nitrogens with zero attached hydrogens (tertiary/aromatic N) is 1. The Morgan fingerprint density at radius 1 is 1.44 bits per heavy atom. The Kier molecular flexibility index (Phi) is 3.70. The predicted molar refractivity (Wildman–Crippen MR) is 74.8 cm³/mol. The molecule has 0 heterocycles. The maximum absolute atomic E-state index is 11.9. The maximum atomic E-state index is 11.9. The average Bonchev–Trinajstić information content (AvgIpc) is 3.03. The lowest BCUT2D eigenvalue weighted by molar-refractivity contribution is -0.124. The van der Waals surface area contributed by atoms with Crippen molar-refractivity contribution in [1.29, 1.82) is 0 Å². The molecule has 2 rings (SSSR count). The Morgan fingerprint density at radius 2 is 2.06 bits per heavy atom. The van der Waals surface area contributed by atoms with Gasteiger partial charge in [0.15, 0.2) is 0 Å². The normalized spacial score (nSPS) is 22.1. The summed E-state index contributed by atoms with van der Waals surface area (Å²) < 4.78 is 0. The van der Waals surface area contributed by atoms with E-state index in [1.165, 1.54) is 6.42 Å². The number of hydrogen-bond donors (Lipinski definition) is 1. The standard InChI is InChI=1S/C15H20N2O/c1-11-9-13(11)10-17(2)15(18)8-5-12-3-6-14(16)7-4-12/h3-8,11,13H,9-10,16H2,1-2H3/b8-5+. The first-order valence-corrected chi connectivity index (χ1v) is 6.35. The first kappa shape index (κ1) is 12.7. The average molecular weight is 244 g/mol. The van der Waals surface area contributed by atoms with E-state index in [0.29, 0.717) is 5.92 Å². The largest absolute Gasteiger partial charge is 0.399 e. The van der Waals surface area contributed by atoms with E-state index >= 15 is 0 Å². The predicted octanol–water partition coefficient (Wildman–Crippen LogP) is 2.40. The van der Waals surface area contributed by atoms with Crippen LogP contribution in [0.15, 0.2) is 30.3 Å². The Bertz CT molecular complexity index is 450. The zero-order valence-electron chi connectivity index (χ0n) is 11.0. The first-order valence-electron chi connectivity index (χ1n) is 6.35. The van der Waals surface area contributed by atoms with Gasteiger partial charge in [-0.25, -0.2) is 0 Å². The van der Waals surface area contributed by atoms with E-state index in [9.17, 15) is 4.79 Å². The Balaban J connectivity index is 1.87. The summed E-state index contributed by atoms with van der Waals surface area (Å²) in [6, 6.07) is 7.48. The van der Waals surface area contributed by atoms with E-state index in [2.05, 4.69) is 6.92 Å². The van der Waals surface area contributed by atoms with Crippen LogP contribution >= 0.6 is 0 Å². The number of nitrogen functional groups attached to an aromatic ring is 1. The number of carbonyl (C=O) groups excluding carboxylic acids is 1.